The molecule has 0 spiro atoms. The third kappa shape index (κ3) is 3.91. The van der Waals surface area contributed by atoms with Crippen molar-refractivity contribution < 1.29 is 14.3 Å². The van der Waals surface area contributed by atoms with Gasteiger partial charge in [0, 0.05) is 52.5 Å². The van der Waals surface area contributed by atoms with E-state index in [1.54, 1.807) is 28.8 Å². The average molecular weight is 355 g/mol. The first kappa shape index (κ1) is 17.3. The van der Waals surface area contributed by atoms with Crippen molar-refractivity contribution in [2.75, 3.05) is 59.0 Å². The smallest absolute Gasteiger partial charge is 0.270 e. The Morgan fingerprint density at radius 2 is 1.71 bits per heavy atom. The van der Waals surface area contributed by atoms with E-state index in [1.807, 2.05) is 4.90 Å². The van der Waals surface area contributed by atoms with Crippen molar-refractivity contribution in [2.45, 2.75) is 0 Å². The first-order valence-corrected chi connectivity index (χ1v) is 8.61. The average Bonchev–Trinajstić information content (AvgIpc) is 2.93. The first-order chi connectivity index (χ1) is 11.5. The molecule has 1 aromatic heterocycles. The third-order valence-corrected chi connectivity index (χ3v) is 4.78. The molecule has 0 radical (unpaired) electrons. The van der Waals surface area contributed by atoms with Gasteiger partial charge in [0.15, 0.2) is 0 Å². The van der Waals surface area contributed by atoms with Gasteiger partial charge in [-0.25, -0.2) is 0 Å². The highest BCUT2D eigenvalue weighted by Crippen LogP contribution is 2.16. The summed E-state index contributed by atoms with van der Waals surface area (Å²) in [5.74, 6) is 0.0931. The number of aromatic nitrogens is 1. The molecule has 3 heterocycles. The van der Waals surface area contributed by atoms with Crippen LogP contribution in [0.15, 0.2) is 12.3 Å². The zero-order chi connectivity index (χ0) is 17.1. The number of carbonyl (C=O) groups excluding carboxylic acids is 2. The van der Waals surface area contributed by atoms with Gasteiger partial charge < -0.3 is 19.1 Å². The molecule has 0 atom stereocenters. The van der Waals surface area contributed by atoms with Gasteiger partial charge >= 0.3 is 0 Å². The summed E-state index contributed by atoms with van der Waals surface area (Å²) in [4.78, 5) is 30.7. The highest BCUT2D eigenvalue weighted by molar-refractivity contribution is 6.31. The molecule has 2 aliphatic rings. The first-order valence-electron chi connectivity index (χ1n) is 8.23. The second-order valence-electron chi connectivity index (χ2n) is 6.22. The van der Waals surface area contributed by atoms with Gasteiger partial charge in [0.1, 0.15) is 5.69 Å². The van der Waals surface area contributed by atoms with Crippen LogP contribution in [0.25, 0.3) is 0 Å². The third-order valence-electron chi connectivity index (χ3n) is 4.57. The lowest BCUT2D eigenvalue weighted by Crippen LogP contribution is -2.53. The number of morpholine rings is 1. The summed E-state index contributed by atoms with van der Waals surface area (Å²) < 4.78 is 7.04. The van der Waals surface area contributed by atoms with Gasteiger partial charge in [-0.3, -0.25) is 14.5 Å². The van der Waals surface area contributed by atoms with Crippen molar-refractivity contribution in [3.63, 3.8) is 0 Å². The Balaban J connectivity index is 1.50. The summed E-state index contributed by atoms with van der Waals surface area (Å²) in [7, 11) is 1.81. The molecular weight excluding hydrogens is 332 g/mol. The van der Waals surface area contributed by atoms with Crippen molar-refractivity contribution in [3.8, 4) is 0 Å². The molecule has 0 N–H and O–H groups in total. The summed E-state index contributed by atoms with van der Waals surface area (Å²) in [6.07, 6.45) is 1.72. The lowest BCUT2D eigenvalue weighted by Gasteiger charge is -2.36. The van der Waals surface area contributed by atoms with E-state index in [9.17, 15) is 9.59 Å². The van der Waals surface area contributed by atoms with E-state index in [1.165, 1.54) is 0 Å². The number of hydrogen-bond acceptors (Lipinski definition) is 4. The fourth-order valence-electron chi connectivity index (χ4n) is 3.11. The van der Waals surface area contributed by atoms with Crippen LogP contribution < -0.4 is 0 Å². The molecule has 0 bridgehead atoms. The van der Waals surface area contributed by atoms with Gasteiger partial charge in [0.25, 0.3) is 5.91 Å². The van der Waals surface area contributed by atoms with Crippen LogP contribution in [0.4, 0.5) is 0 Å². The summed E-state index contributed by atoms with van der Waals surface area (Å²) >= 11 is 5.95. The van der Waals surface area contributed by atoms with Crippen LogP contribution >= 0.6 is 11.6 Å². The summed E-state index contributed by atoms with van der Waals surface area (Å²) in [5.41, 5.74) is 0.577. The molecule has 7 nitrogen and oxygen atoms in total. The molecule has 0 unspecified atom stereocenters. The van der Waals surface area contributed by atoms with E-state index in [0.29, 0.717) is 56.7 Å². The van der Waals surface area contributed by atoms with Crippen molar-refractivity contribution in [1.82, 2.24) is 19.3 Å². The summed E-state index contributed by atoms with van der Waals surface area (Å²) in [6.45, 7) is 5.68. The number of halogens is 1. The predicted molar refractivity (Wildman–Crippen MR) is 90.2 cm³/mol. The number of carbonyl (C=O) groups is 2. The van der Waals surface area contributed by atoms with Crippen LogP contribution in [-0.2, 0) is 16.6 Å². The van der Waals surface area contributed by atoms with Crippen LogP contribution in [0.5, 0.6) is 0 Å². The van der Waals surface area contributed by atoms with E-state index in [4.69, 9.17) is 16.3 Å². The molecule has 2 fully saturated rings. The highest BCUT2D eigenvalue weighted by Gasteiger charge is 2.27. The normalized spacial score (nSPS) is 19.6. The molecule has 3 rings (SSSR count). The van der Waals surface area contributed by atoms with Crippen molar-refractivity contribution >= 4 is 23.4 Å². The van der Waals surface area contributed by atoms with Crippen LogP contribution in [-0.4, -0.2) is 90.1 Å². The zero-order valence-corrected chi connectivity index (χ0v) is 14.7. The maximum absolute atomic E-state index is 12.5. The van der Waals surface area contributed by atoms with Crippen molar-refractivity contribution in [1.29, 1.82) is 0 Å². The largest absolute Gasteiger partial charge is 0.379 e. The lowest BCUT2D eigenvalue weighted by atomic mass is 10.2. The van der Waals surface area contributed by atoms with Crippen LogP contribution in [0.3, 0.4) is 0 Å². The Bertz CT molecular complexity index is 604. The van der Waals surface area contributed by atoms with Crippen LogP contribution in [0, 0.1) is 0 Å². The molecule has 0 aliphatic carbocycles. The van der Waals surface area contributed by atoms with Gasteiger partial charge in [-0.05, 0) is 6.07 Å². The van der Waals surface area contributed by atoms with Gasteiger partial charge in [-0.2, -0.15) is 0 Å². The number of ether oxygens (including phenoxy) is 1. The Hall–Kier alpha value is -1.57. The van der Waals surface area contributed by atoms with Gasteiger partial charge in [-0.1, -0.05) is 11.6 Å². The fraction of sp³-hybridized carbons (Fsp3) is 0.625. The molecule has 0 saturated carbocycles. The number of piperazine rings is 1. The summed E-state index contributed by atoms with van der Waals surface area (Å²) in [5, 5.41) is 0.556. The zero-order valence-electron chi connectivity index (χ0n) is 13.9. The Kier molecular flexibility index (Phi) is 5.43. The predicted octanol–water partition coefficient (Wildman–Crippen LogP) is 0.295. The van der Waals surface area contributed by atoms with Crippen molar-refractivity contribution in [2.24, 2.45) is 7.05 Å². The van der Waals surface area contributed by atoms with E-state index < -0.39 is 0 Å². The minimum absolute atomic E-state index is 0.0373. The topological polar surface area (TPSA) is 58.0 Å². The van der Waals surface area contributed by atoms with Gasteiger partial charge in [0.2, 0.25) is 5.91 Å². The lowest BCUT2D eigenvalue weighted by molar-refractivity contribution is -0.134. The molecule has 2 saturated heterocycles. The van der Waals surface area contributed by atoms with Gasteiger partial charge in [0.05, 0.1) is 24.8 Å². The minimum Gasteiger partial charge on any atom is -0.379 e. The molecule has 24 heavy (non-hydrogen) atoms. The van der Waals surface area contributed by atoms with Crippen LogP contribution in [0.2, 0.25) is 5.02 Å². The second-order valence-corrected chi connectivity index (χ2v) is 6.65. The number of aryl methyl sites for hydroxylation is 1. The molecule has 132 valence electrons. The molecule has 1 aromatic rings. The summed E-state index contributed by atoms with van der Waals surface area (Å²) in [6, 6.07) is 1.68. The SMILES string of the molecule is Cn1cc(Cl)cc1C(=O)N1CCN(C(=O)CN2CCOCC2)CC1. The number of amides is 2. The Labute approximate surface area is 146 Å². The highest BCUT2D eigenvalue weighted by atomic mass is 35.5. The minimum atomic E-state index is -0.0373. The molecule has 0 aromatic carbocycles. The fourth-order valence-corrected chi connectivity index (χ4v) is 3.36. The van der Waals surface area contributed by atoms with Crippen LogP contribution in [0.1, 0.15) is 10.5 Å². The van der Waals surface area contributed by atoms with E-state index in [-0.39, 0.29) is 11.8 Å². The monoisotopic (exact) mass is 354 g/mol. The number of hydrogen-bond donors (Lipinski definition) is 0. The molecule has 2 amide bonds. The molecule has 2 aliphatic heterocycles. The maximum atomic E-state index is 12.5. The van der Waals surface area contributed by atoms with Crippen molar-refractivity contribution in [3.05, 3.63) is 23.0 Å². The van der Waals surface area contributed by atoms with E-state index in [0.717, 1.165) is 13.1 Å². The maximum Gasteiger partial charge on any atom is 0.270 e. The number of rotatable bonds is 3. The van der Waals surface area contributed by atoms with Gasteiger partial charge in [-0.15, -0.1) is 0 Å². The second kappa shape index (κ2) is 7.55. The van der Waals surface area contributed by atoms with E-state index >= 15 is 0 Å². The number of nitrogens with zero attached hydrogens (tertiary/aromatic N) is 4. The molecule has 8 heteroatoms. The van der Waals surface area contributed by atoms with E-state index in [2.05, 4.69) is 4.90 Å². The Morgan fingerprint density at radius 3 is 2.29 bits per heavy atom. The molecular formula is C16H23ClN4O3. The quantitative estimate of drug-likeness (QED) is 0.783. The Morgan fingerprint density at radius 1 is 1.08 bits per heavy atom. The standard InChI is InChI=1S/C16H23ClN4O3/c1-18-11-13(17)10-14(18)16(23)21-4-2-20(3-5-21)15(22)12-19-6-8-24-9-7-19/h10-11H,2-9,12H2,1H3.